The first-order valence-corrected chi connectivity index (χ1v) is 7.97. The molecule has 0 spiro atoms. The number of carbonyl (C=O) groups excluding carboxylic acids is 1. The predicted octanol–water partition coefficient (Wildman–Crippen LogP) is 4.71. The fraction of sp³-hybridized carbons (Fsp3) is 0.211. The number of benzene rings is 2. The number of methoxy groups -OCH3 is 1. The summed E-state index contributed by atoms with van der Waals surface area (Å²) in [5.74, 6) is 1.10. The number of rotatable bonds is 6. The van der Waals surface area contributed by atoms with Gasteiger partial charge in [0.25, 0.3) is 0 Å². The molecule has 0 saturated carbocycles. The Kier molecular flexibility index (Phi) is 6.27. The summed E-state index contributed by atoms with van der Waals surface area (Å²) in [5, 5.41) is 3.47. The normalized spacial score (nSPS) is 10.7. The highest BCUT2D eigenvalue weighted by Crippen LogP contribution is 2.28. The van der Waals surface area contributed by atoms with Crippen molar-refractivity contribution in [2.75, 3.05) is 19.0 Å². The lowest BCUT2D eigenvalue weighted by Gasteiger charge is -2.09. The van der Waals surface area contributed by atoms with Crippen molar-refractivity contribution in [3.8, 4) is 11.5 Å². The van der Waals surface area contributed by atoms with E-state index in [1.54, 1.807) is 31.4 Å². The van der Waals surface area contributed by atoms with Crippen molar-refractivity contribution < 1.29 is 14.3 Å². The molecule has 0 fully saturated rings. The Labute approximate surface area is 147 Å². The zero-order chi connectivity index (χ0) is 17.5. The van der Waals surface area contributed by atoms with Crippen LogP contribution >= 0.6 is 11.6 Å². The lowest BCUT2D eigenvalue weighted by molar-refractivity contribution is -0.111. The second-order valence-electron chi connectivity index (χ2n) is 5.13. The Hall–Kier alpha value is -2.46. The Morgan fingerprint density at radius 3 is 2.67 bits per heavy atom. The van der Waals surface area contributed by atoms with Crippen LogP contribution in [0, 0.1) is 6.92 Å². The molecule has 5 heteroatoms. The van der Waals surface area contributed by atoms with Crippen LogP contribution in [0.4, 0.5) is 5.69 Å². The molecule has 126 valence electrons. The average molecular weight is 346 g/mol. The molecule has 2 aromatic carbocycles. The number of nitrogens with one attached hydrogen (secondary N) is 1. The molecule has 1 amide bonds. The van der Waals surface area contributed by atoms with Crippen molar-refractivity contribution in [1.82, 2.24) is 0 Å². The monoisotopic (exact) mass is 345 g/mol. The first-order chi connectivity index (χ1) is 11.5. The van der Waals surface area contributed by atoms with Crippen molar-refractivity contribution >= 4 is 29.3 Å². The van der Waals surface area contributed by atoms with Crippen LogP contribution in [0.15, 0.2) is 42.5 Å². The molecular formula is C19H20ClNO3. The molecule has 0 aliphatic carbocycles. The summed E-state index contributed by atoms with van der Waals surface area (Å²) in [6, 6.07) is 10.8. The van der Waals surface area contributed by atoms with Gasteiger partial charge in [-0.1, -0.05) is 17.7 Å². The first kappa shape index (κ1) is 17.9. The van der Waals surface area contributed by atoms with Crippen LogP contribution in [0.5, 0.6) is 11.5 Å². The summed E-state index contributed by atoms with van der Waals surface area (Å²) in [5.41, 5.74) is 2.49. The van der Waals surface area contributed by atoms with Crippen LogP contribution in [0.1, 0.15) is 18.1 Å². The minimum atomic E-state index is -0.214. The number of hydrogen-bond donors (Lipinski definition) is 1. The average Bonchev–Trinajstić information content (AvgIpc) is 2.56. The van der Waals surface area contributed by atoms with E-state index in [4.69, 9.17) is 21.1 Å². The van der Waals surface area contributed by atoms with Crippen molar-refractivity contribution in [1.29, 1.82) is 0 Å². The number of hydrogen-bond acceptors (Lipinski definition) is 3. The van der Waals surface area contributed by atoms with E-state index in [1.165, 1.54) is 6.08 Å². The van der Waals surface area contributed by atoms with Crippen LogP contribution in [0.25, 0.3) is 6.08 Å². The van der Waals surface area contributed by atoms with E-state index in [0.717, 1.165) is 16.8 Å². The number of ether oxygens (including phenoxy) is 2. The van der Waals surface area contributed by atoms with Crippen molar-refractivity contribution in [2.45, 2.75) is 13.8 Å². The molecule has 4 nitrogen and oxygen atoms in total. The van der Waals surface area contributed by atoms with Crippen molar-refractivity contribution in [2.24, 2.45) is 0 Å². The molecule has 0 radical (unpaired) electrons. The Bertz CT molecular complexity index is 756. The van der Waals surface area contributed by atoms with E-state index in [1.807, 2.05) is 32.0 Å². The summed E-state index contributed by atoms with van der Waals surface area (Å²) >= 11 is 5.91. The topological polar surface area (TPSA) is 47.6 Å². The zero-order valence-electron chi connectivity index (χ0n) is 13.9. The fourth-order valence-electron chi connectivity index (χ4n) is 2.18. The number of amides is 1. The molecule has 1 N–H and O–H groups in total. The van der Waals surface area contributed by atoms with E-state index in [0.29, 0.717) is 23.1 Å². The van der Waals surface area contributed by atoms with Gasteiger partial charge >= 0.3 is 0 Å². The maximum atomic E-state index is 12.1. The lowest BCUT2D eigenvalue weighted by atomic mass is 10.1. The van der Waals surface area contributed by atoms with Gasteiger partial charge in [0.1, 0.15) is 0 Å². The predicted molar refractivity (Wildman–Crippen MR) is 98.0 cm³/mol. The third-order valence-corrected chi connectivity index (χ3v) is 3.60. The Morgan fingerprint density at radius 1 is 1.21 bits per heavy atom. The van der Waals surface area contributed by atoms with E-state index < -0.39 is 0 Å². The van der Waals surface area contributed by atoms with Gasteiger partial charge in [0.15, 0.2) is 11.5 Å². The number of carbonyl (C=O) groups is 1. The number of aryl methyl sites for hydroxylation is 1. The van der Waals surface area contributed by atoms with Gasteiger partial charge in [-0.05, 0) is 61.4 Å². The van der Waals surface area contributed by atoms with Crippen LogP contribution in [0.3, 0.4) is 0 Å². The highest BCUT2D eigenvalue weighted by atomic mass is 35.5. The molecule has 0 saturated heterocycles. The van der Waals surface area contributed by atoms with E-state index >= 15 is 0 Å². The smallest absolute Gasteiger partial charge is 0.248 e. The molecule has 2 aromatic rings. The summed E-state index contributed by atoms with van der Waals surface area (Å²) in [4.78, 5) is 12.1. The first-order valence-electron chi connectivity index (χ1n) is 7.59. The van der Waals surface area contributed by atoms with Gasteiger partial charge in [-0.3, -0.25) is 4.79 Å². The number of anilines is 1. The Balaban J connectivity index is 2.09. The molecule has 2 rings (SSSR count). The number of halogens is 1. The van der Waals surface area contributed by atoms with E-state index in [2.05, 4.69) is 5.32 Å². The highest BCUT2D eigenvalue weighted by Gasteiger charge is 2.05. The third-order valence-electron chi connectivity index (χ3n) is 3.36. The van der Waals surface area contributed by atoms with Gasteiger partial charge in [-0.25, -0.2) is 0 Å². The van der Waals surface area contributed by atoms with Gasteiger partial charge in [-0.15, -0.1) is 0 Å². The van der Waals surface area contributed by atoms with Crippen LogP contribution in [0.2, 0.25) is 5.02 Å². The maximum Gasteiger partial charge on any atom is 0.248 e. The summed E-state index contributed by atoms with van der Waals surface area (Å²) in [6.07, 6.45) is 3.20. The van der Waals surface area contributed by atoms with Crippen LogP contribution < -0.4 is 14.8 Å². The van der Waals surface area contributed by atoms with Gasteiger partial charge in [0, 0.05) is 16.8 Å². The third kappa shape index (κ3) is 4.77. The van der Waals surface area contributed by atoms with Gasteiger partial charge < -0.3 is 14.8 Å². The molecule has 0 unspecified atom stereocenters. The highest BCUT2D eigenvalue weighted by molar-refractivity contribution is 6.30. The van der Waals surface area contributed by atoms with E-state index in [9.17, 15) is 4.79 Å². The minimum Gasteiger partial charge on any atom is -0.493 e. The standard InChI is InChI=1S/C19H20ClNO3/c1-4-24-18-12-14(5-9-17(18)23-3)6-10-19(22)21-16-8-7-15(20)11-13(16)2/h5-12H,4H2,1-3H3,(H,21,22)/b10-6+. The SMILES string of the molecule is CCOc1cc(/C=C/C(=O)Nc2ccc(Cl)cc2C)ccc1OC. The summed E-state index contributed by atoms with van der Waals surface area (Å²) < 4.78 is 10.8. The molecule has 0 heterocycles. The van der Waals surface area contributed by atoms with Gasteiger partial charge in [0.2, 0.25) is 5.91 Å². The van der Waals surface area contributed by atoms with Gasteiger partial charge in [0.05, 0.1) is 13.7 Å². The second kappa shape index (κ2) is 8.41. The molecule has 0 aliphatic heterocycles. The molecule has 24 heavy (non-hydrogen) atoms. The molecule has 0 aromatic heterocycles. The van der Waals surface area contributed by atoms with Gasteiger partial charge in [-0.2, -0.15) is 0 Å². The molecule has 0 bridgehead atoms. The van der Waals surface area contributed by atoms with Crippen LogP contribution in [-0.2, 0) is 4.79 Å². The molecular weight excluding hydrogens is 326 g/mol. The molecule has 0 atom stereocenters. The maximum absolute atomic E-state index is 12.1. The largest absolute Gasteiger partial charge is 0.493 e. The van der Waals surface area contributed by atoms with Crippen molar-refractivity contribution in [3.63, 3.8) is 0 Å². The Morgan fingerprint density at radius 2 is 2.00 bits per heavy atom. The minimum absolute atomic E-state index is 0.214. The van der Waals surface area contributed by atoms with E-state index in [-0.39, 0.29) is 5.91 Å². The summed E-state index contributed by atoms with van der Waals surface area (Å²) in [6.45, 7) is 4.34. The quantitative estimate of drug-likeness (QED) is 0.771. The lowest BCUT2D eigenvalue weighted by Crippen LogP contribution is -2.08. The molecule has 0 aliphatic rings. The van der Waals surface area contributed by atoms with Crippen molar-refractivity contribution in [3.05, 3.63) is 58.6 Å². The summed E-state index contributed by atoms with van der Waals surface area (Å²) in [7, 11) is 1.59. The van der Waals surface area contributed by atoms with Crippen LogP contribution in [-0.4, -0.2) is 19.6 Å². The second-order valence-corrected chi connectivity index (χ2v) is 5.56. The zero-order valence-corrected chi connectivity index (χ0v) is 14.7. The fourth-order valence-corrected chi connectivity index (χ4v) is 2.41.